The molecule has 0 saturated carbocycles. The van der Waals surface area contributed by atoms with Gasteiger partial charge in [0.05, 0.1) is 10.9 Å². The van der Waals surface area contributed by atoms with E-state index in [4.69, 9.17) is 4.42 Å². The number of aryl methyl sites for hydroxylation is 1. The molecule has 0 radical (unpaired) electrons. The lowest BCUT2D eigenvalue weighted by atomic mass is 9.84. The number of carbonyl (C=O) groups is 2. The first kappa shape index (κ1) is 16.7. The van der Waals surface area contributed by atoms with Gasteiger partial charge in [-0.05, 0) is 32.0 Å². The molecular formula is C22H18N2O4. The quantitative estimate of drug-likeness (QED) is 0.657. The minimum absolute atomic E-state index is 0.0401. The second-order valence-electron chi connectivity index (χ2n) is 7.28. The van der Waals surface area contributed by atoms with Gasteiger partial charge in [-0.15, -0.1) is 0 Å². The van der Waals surface area contributed by atoms with E-state index < -0.39 is 11.4 Å². The number of anilines is 1. The molecule has 1 spiro atoms. The third-order valence-electron chi connectivity index (χ3n) is 5.84. The molecule has 1 aromatic heterocycles. The van der Waals surface area contributed by atoms with Crippen LogP contribution < -0.4 is 10.3 Å². The maximum atomic E-state index is 13.6. The van der Waals surface area contributed by atoms with Crippen LogP contribution in [-0.4, -0.2) is 30.3 Å². The fourth-order valence-electron chi connectivity index (χ4n) is 4.62. The van der Waals surface area contributed by atoms with Gasteiger partial charge in [-0.25, -0.2) is 0 Å². The van der Waals surface area contributed by atoms with Gasteiger partial charge in [-0.1, -0.05) is 29.8 Å². The van der Waals surface area contributed by atoms with Crippen LogP contribution in [0.4, 0.5) is 5.69 Å². The van der Waals surface area contributed by atoms with E-state index in [-0.39, 0.29) is 29.2 Å². The largest absolute Gasteiger partial charge is 0.450 e. The number of hydrogen-bond acceptors (Lipinski definition) is 4. The fraction of sp³-hybridized carbons (Fsp3) is 0.227. The number of benzene rings is 2. The molecule has 3 heterocycles. The summed E-state index contributed by atoms with van der Waals surface area (Å²) in [5, 5.41) is 0.378. The molecule has 2 aliphatic rings. The summed E-state index contributed by atoms with van der Waals surface area (Å²) in [5.41, 5.74) is 0.891. The van der Waals surface area contributed by atoms with E-state index in [9.17, 15) is 14.4 Å². The summed E-state index contributed by atoms with van der Waals surface area (Å²) < 4.78 is 5.91. The number of carbonyl (C=O) groups excluding carboxylic acids is 2. The molecule has 28 heavy (non-hydrogen) atoms. The second-order valence-corrected chi connectivity index (χ2v) is 7.28. The van der Waals surface area contributed by atoms with Crippen molar-refractivity contribution in [1.82, 2.24) is 4.90 Å². The Morgan fingerprint density at radius 1 is 1.07 bits per heavy atom. The predicted octanol–water partition coefficient (Wildman–Crippen LogP) is 2.80. The number of rotatable bonds is 1. The van der Waals surface area contributed by atoms with E-state index in [0.717, 1.165) is 5.56 Å². The normalized spacial score (nSPS) is 20.4. The molecule has 1 unspecified atom stereocenters. The summed E-state index contributed by atoms with van der Waals surface area (Å²) in [6, 6.07) is 12.5. The molecule has 0 aliphatic carbocycles. The van der Waals surface area contributed by atoms with E-state index >= 15 is 0 Å². The first-order valence-corrected chi connectivity index (χ1v) is 9.20. The van der Waals surface area contributed by atoms with Crippen LogP contribution in [0.15, 0.2) is 51.7 Å². The first-order chi connectivity index (χ1) is 13.4. The van der Waals surface area contributed by atoms with Crippen molar-refractivity contribution < 1.29 is 14.0 Å². The lowest BCUT2D eigenvalue weighted by Gasteiger charge is -2.33. The summed E-state index contributed by atoms with van der Waals surface area (Å²) >= 11 is 0. The second kappa shape index (κ2) is 5.32. The zero-order valence-corrected chi connectivity index (χ0v) is 15.8. The van der Waals surface area contributed by atoms with E-state index in [2.05, 4.69) is 0 Å². The van der Waals surface area contributed by atoms with Crippen molar-refractivity contribution in [3.05, 3.63) is 75.1 Å². The number of para-hydroxylation sites is 1. The molecule has 1 atom stereocenters. The first-order valence-electron chi connectivity index (χ1n) is 9.20. The number of nitrogens with zero attached hydrogens (tertiary/aromatic N) is 2. The molecular weight excluding hydrogens is 356 g/mol. The predicted molar refractivity (Wildman–Crippen MR) is 105 cm³/mol. The molecule has 3 aromatic rings. The van der Waals surface area contributed by atoms with Crippen molar-refractivity contribution in [2.75, 3.05) is 18.5 Å². The monoisotopic (exact) mass is 374 g/mol. The molecule has 140 valence electrons. The van der Waals surface area contributed by atoms with E-state index in [1.54, 1.807) is 26.1 Å². The van der Waals surface area contributed by atoms with E-state index in [0.29, 0.717) is 22.2 Å². The summed E-state index contributed by atoms with van der Waals surface area (Å²) in [6.07, 6.45) is 0. The van der Waals surface area contributed by atoms with Gasteiger partial charge < -0.3 is 14.2 Å². The Morgan fingerprint density at radius 3 is 2.57 bits per heavy atom. The van der Waals surface area contributed by atoms with Crippen LogP contribution in [0.1, 0.15) is 34.2 Å². The van der Waals surface area contributed by atoms with Gasteiger partial charge in [0.25, 0.3) is 11.8 Å². The van der Waals surface area contributed by atoms with Gasteiger partial charge in [-0.3, -0.25) is 14.4 Å². The van der Waals surface area contributed by atoms with Crippen molar-refractivity contribution >= 4 is 28.5 Å². The molecule has 5 rings (SSSR count). The van der Waals surface area contributed by atoms with Crippen LogP contribution in [0, 0.1) is 6.92 Å². The van der Waals surface area contributed by atoms with Gasteiger partial charge in [0.2, 0.25) is 5.76 Å². The standard InChI is InChI=1S/C22H18N2O4/c1-4-24-20(26)19-17(18(25)13-11-12(2)9-10-16(13)28-19)22(24)14-7-5-6-8-15(14)23(3)21(22)27/h5-11H,4H2,1-3H3. The third kappa shape index (κ3) is 1.70. The molecule has 0 fully saturated rings. The summed E-state index contributed by atoms with van der Waals surface area (Å²) in [7, 11) is 1.67. The molecule has 6 nitrogen and oxygen atoms in total. The van der Waals surface area contributed by atoms with Gasteiger partial charge in [0.1, 0.15) is 5.58 Å². The lowest BCUT2D eigenvalue weighted by molar-refractivity contribution is -0.125. The van der Waals surface area contributed by atoms with Gasteiger partial charge >= 0.3 is 0 Å². The Labute approximate surface area is 161 Å². The molecule has 2 aliphatic heterocycles. The van der Waals surface area contributed by atoms with Crippen LogP contribution in [0.25, 0.3) is 11.0 Å². The highest BCUT2D eigenvalue weighted by Crippen LogP contribution is 2.51. The Hall–Kier alpha value is -3.41. The average molecular weight is 374 g/mol. The zero-order chi connectivity index (χ0) is 19.8. The highest BCUT2D eigenvalue weighted by Gasteiger charge is 2.64. The van der Waals surface area contributed by atoms with Crippen molar-refractivity contribution in [2.24, 2.45) is 0 Å². The van der Waals surface area contributed by atoms with Gasteiger partial charge in [-0.2, -0.15) is 0 Å². The Bertz CT molecular complexity index is 1260. The minimum Gasteiger partial charge on any atom is -0.450 e. The molecule has 0 bridgehead atoms. The van der Waals surface area contributed by atoms with Crippen LogP contribution >= 0.6 is 0 Å². The zero-order valence-electron chi connectivity index (χ0n) is 15.8. The van der Waals surface area contributed by atoms with Crippen LogP contribution in [-0.2, 0) is 10.3 Å². The summed E-state index contributed by atoms with van der Waals surface area (Å²) in [5.74, 6) is -0.792. The molecule has 0 saturated heterocycles. The number of amides is 2. The van der Waals surface area contributed by atoms with Crippen molar-refractivity contribution in [3.8, 4) is 0 Å². The van der Waals surface area contributed by atoms with Crippen molar-refractivity contribution in [2.45, 2.75) is 19.4 Å². The van der Waals surface area contributed by atoms with Gasteiger partial charge in [0.15, 0.2) is 11.0 Å². The van der Waals surface area contributed by atoms with Crippen LogP contribution in [0.2, 0.25) is 0 Å². The SMILES string of the molecule is CCN1C(=O)c2oc3ccc(C)cc3c(=O)c2C12C(=O)N(C)c1ccccc12. The van der Waals surface area contributed by atoms with Crippen molar-refractivity contribution in [3.63, 3.8) is 0 Å². The van der Waals surface area contributed by atoms with E-state index in [1.807, 2.05) is 37.3 Å². The summed E-state index contributed by atoms with van der Waals surface area (Å²) in [6.45, 7) is 3.95. The third-order valence-corrected chi connectivity index (χ3v) is 5.84. The molecule has 2 aromatic carbocycles. The fourth-order valence-corrected chi connectivity index (χ4v) is 4.62. The average Bonchev–Trinajstić information content (AvgIpc) is 3.08. The van der Waals surface area contributed by atoms with E-state index in [1.165, 1.54) is 9.80 Å². The Morgan fingerprint density at radius 2 is 1.82 bits per heavy atom. The Kier molecular flexibility index (Phi) is 3.18. The number of likely N-dealkylation sites (N-methyl/N-ethyl adjacent to an activating group) is 2. The summed E-state index contributed by atoms with van der Waals surface area (Å²) in [4.78, 5) is 43.4. The molecule has 0 N–H and O–H groups in total. The number of hydrogen-bond donors (Lipinski definition) is 0. The highest BCUT2D eigenvalue weighted by atomic mass is 16.3. The lowest BCUT2D eigenvalue weighted by Crippen LogP contribution is -2.52. The smallest absolute Gasteiger partial charge is 0.291 e. The minimum atomic E-state index is -1.48. The van der Waals surface area contributed by atoms with Gasteiger partial charge in [0, 0.05) is 24.8 Å². The topological polar surface area (TPSA) is 70.8 Å². The van der Waals surface area contributed by atoms with Crippen LogP contribution in [0.3, 0.4) is 0 Å². The maximum Gasteiger partial charge on any atom is 0.291 e. The van der Waals surface area contributed by atoms with Crippen molar-refractivity contribution in [1.29, 1.82) is 0 Å². The molecule has 2 amide bonds. The number of fused-ring (bicyclic) bond motifs is 5. The Balaban J connectivity index is 1.99. The molecule has 6 heteroatoms. The van der Waals surface area contributed by atoms with Crippen LogP contribution in [0.5, 0.6) is 0 Å². The highest BCUT2D eigenvalue weighted by molar-refractivity contribution is 6.16. The maximum absolute atomic E-state index is 13.6.